The first-order valence-electron chi connectivity index (χ1n) is 7.80. The van der Waals surface area contributed by atoms with Gasteiger partial charge in [0.05, 0.1) is 11.6 Å². The molecule has 3 rings (SSSR count). The highest BCUT2D eigenvalue weighted by atomic mass is 79.9. The monoisotopic (exact) mass is 370 g/mol. The average Bonchev–Trinajstić information content (AvgIpc) is 2.61. The molecule has 1 N–H and O–H groups in total. The van der Waals surface area contributed by atoms with Crippen LogP contribution in [-0.4, -0.2) is 13.2 Å². The van der Waals surface area contributed by atoms with E-state index >= 15 is 0 Å². The molecule has 0 unspecified atom stereocenters. The van der Waals surface area contributed by atoms with E-state index in [1.165, 1.54) is 11.1 Å². The first-order chi connectivity index (χ1) is 11.2. The number of ether oxygens (including phenoxy) is 1. The van der Waals surface area contributed by atoms with Crippen LogP contribution in [0.25, 0.3) is 0 Å². The smallest absolute Gasteiger partial charge is 0.0991 e. The Kier molecular flexibility index (Phi) is 5.12. The van der Waals surface area contributed by atoms with E-state index in [4.69, 9.17) is 10.00 Å². The molecule has 1 aliphatic heterocycles. The Morgan fingerprint density at radius 1 is 1.13 bits per heavy atom. The zero-order valence-electron chi connectivity index (χ0n) is 12.9. The highest BCUT2D eigenvalue weighted by molar-refractivity contribution is 9.10. The van der Waals surface area contributed by atoms with Crippen LogP contribution in [0.4, 0.5) is 0 Å². The Bertz CT molecular complexity index is 700. The van der Waals surface area contributed by atoms with Crippen molar-refractivity contribution < 1.29 is 4.74 Å². The molecule has 118 valence electrons. The second-order valence-corrected chi connectivity index (χ2v) is 6.78. The van der Waals surface area contributed by atoms with Gasteiger partial charge in [-0.25, -0.2) is 0 Å². The van der Waals surface area contributed by atoms with Gasteiger partial charge in [0, 0.05) is 29.8 Å². The van der Waals surface area contributed by atoms with E-state index in [-0.39, 0.29) is 5.54 Å². The fraction of sp³-hybridized carbons (Fsp3) is 0.316. The van der Waals surface area contributed by atoms with E-state index in [0.717, 1.165) is 37.1 Å². The van der Waals surface area contributed by atoms with Gasteiger partial charge < -0.3 is 10.1 Å². The van der Waals surface area contributed by atoms with Crippen molar-refractivity contribution in [3.05, 3.63) is 69.7 Å². The van der Waals surface area contributed by atoms with Gasteiger partial charge in [0.1, 0.15) is 0 Å². The van der Waals surface area contributed by atoms with Crippen LogP contribution >= 0.6 is 15.9 Å². The van der Waals surface area contributed by atoms with Gasteiger partial charge in [-0.1, -0.05) is 40.2 Å². The normalized spacial score (nSPS) is 16.7. The molecule has 2 aromatic rings. The number of hydrogen-bond donors (Lipinski definition) is 1. The Morgan fingerprint density at radius 3 is 2.52 bits per heavy atom. The molecular formula is C19H19BrN2O. The predicted octanol–water partition coefficient (Wildman–Crippen LogP) is 4.12. The maximum atomic E-state index is 8.89. The van der Waals surface area contributed by atoms with Crippen molar-refractivity contribution in [3.8, 4) is 6.07 Å². The topological polar surface area (TPSA) is 45.0 Å². The fourth-order valence-corrected chi connectivity index (χ4v) is 3.44. The van der Waals surface area contributed by atoms with Gasteiger partial charge in [0.2, 0.25) is 0 Å². The molecule has 1 fully saturated rings. The summed E-state index contributed by atoms with van der Waals surface area (Å²) in [6.07, 6.45) is 1.92. The lowest BCUT2D eigenvalue weighted by Gasteiger charge is -2.39. The number of halogens is 1. The second kappa shape index (κ2) is 7.27. The van der Waals surface area contributed by atoms with Crippen LogP contribution in [0.2, 0.25) is 0 Å². The maximum absolute atomic E-state index is 8.89. The number of nitrogens with one attached hydrogen (secondary N) is 1. The number of rotatable bonds is 4. The van der Waals surface area contributed by atoms with Crippen LogP contribution in [0.3, 0.4) is 0 Å². The lowest BCUT2D eigenvalue weighted by atomic mass is 9.82. The molecule has 0 spiro atoms. The molecule has 0 radical (unpaired) electrons. The molecule has 0 bridgehead atoms. The number of nitrogens with zero attached hydrogens (tertiary/aromatic N) is 1. The van der Waals surface area contributed by atoms with Crippen molar-refractivity contribution in [1.82, 2.24) is 5.32 Å². The Labute approximate surface area is 145 Å². The van der Waals surface area contributed by atoms with E-state index < -0.39 is 0 Å². The minimum absolute atomic E-state index is 0.0596. The summed E-state index contributed by atoms with van der Waals surface area (Å²) >= 11 is 3.58. The summed E-state index contributed by atoms with van der Waals surface area (Å²) < 4.78 is 6.67. The average molecular weight is 371 g/mol. The summed E-state index contributed by atoms with van der Waals surface area (Å²) in [5, 5.41) is 12.6. The summed E-state index contributed by atoms with van der Waals surface area (Å²) in [7, 11) is 0. The zero-order chi connectivity index (χ0) is 16.1. The van der Waals surface area contributed by atoms with Crippen molar-refractivity contribution in [2.45, 2.75) is 24.9 Å². The molecule has 1 saturated heterocycles. The van der Waals surface area contributed by atoms with Crippen molar-refractivity contribution in [2.75, 3.05) is 13.2 Å². The highest BCUT2D eigenvalue weighted by Crippen LogP contribution is 2.33. The zero-order valence-corrected chi connectivity index (χ0v) is 14.5. The third-order valence-electron chi connectivity index (χ3n) is 4.44. The summed E-state index contributed by atoms with van der Waals surface area (Å²) in [5.74, 6) is 0. The first kappa shape index (κ1) is 16.2. The third kappa shape index (κ3) is 3.81. The van der Waals surface area contributed by atoms with Crippen molar-refractivity contribution >= 4 is 15.9 Å². The first-order valence-corrected chi connectivity index (χ1v) is 8.59. The molecular weight excluding hydrogens is 352 g/mol. The van der Waals surface area contributed by atoms with Crippen LogP contribution < -0.4 is 5.32 Å². The van der Waals surface area contributed by atoms with Gasteiger partial charge in [-0.15, -0.1) is 0 Å². The Morgan fingerprint density at radius 2 is 1.87 bits per heavy atom. The molecule has 0 aliphatic carbocycles. The van der Waals surface area contributed by atoms with E-state index in [9.17, 15) is 0 Å². The molecule has 1 heterocycles. The van der Waals surface area contributed by atoms with Gasteiger partial charge in [0.25, 0.3) is 0 Å². The largest absolute Gasteiger partial charge is 0.381 e. The van der Waals surface area contributed by atoms with Crippen LogP contribution in [0.1, 0.15) is 29.5 Å². The minimum atomic E-state index is -0.0596. The number of hydrogen-bond acceptors (Lipinski definition) is 3. The maximum Gasteiger partial charge on any atom is 0.0991 e. The van der Waals surface area contributed by atoms with Gasteiger partial charge in [-0.3, -0.25) is 0 Å². The number of benzene rings is 2. The van der Waals surface area contributed by atoms with Crippen molar-refractivity contribution in [3.63, 3.8) is 0 Å². The molecule has 2 aromatic carbocycles. The second-order valence-electron chi connectivity index (χ2n) is 5.87. The lowest BCUT2D eigenvalue weighted by molar-refractivity contribution is 0.0357. The Balaban J connectivity index is 1.80. The van der Waals surface area contributed by atoms with Gasteiger partial charge in [0.15, 0.2) is 0 Å². The predicted molar refractivity (Wildman–Crippen MR) is 93.9 cm³/mol. The molecule has 1 aliphatic rings. The van der Waals surface area contributed by atoms with Crippen molar-refractivity contribution in [2.24, 2.45) is 0 Å². The summed E-state index contributed by atoms with van der Waals surface area (Å²) in [6, 6.07) is 18.4. The molecule has 23 heavy (non-hydrogen) atoms. The van der Waals surface area contributed by atoms with Crippen LogP contribution in [0.5, 0.6) is 0 Å². The SMILES string of the molecule is N#Cc1ccc(CNC2(c3cccc(Br)c3)CCOCC2)cc1. The summed E-state index contributed by atoms with van der Waals surface area (Å²) in [5.41, 5.74) is 3.12. The van der Waals surface area contributed by atoms with E-state index in [2.05, 4.69) is 51.6 Å². The van der Waals surface area contributed by atoms with Gasteiger partial charge in [-0.2, -0.15) is 5.26 Å². The molecule has 4 heteroatoms. The summed E-state index contributed by atoms with van der Waals surface area (Å²) in [6.45, 7) is 2.32. The fourth-order valence-electron chi connectivity index (χ4n) is 3.04. The van der Waals surface area contributed by atoms with Gasteiger partial charge >= 0.3 is 0 Å². The lowest BCUT2D eigenvalue weighted by Crippen LogP contribution is -2.46. The number of nitriles is 1. The van der Waals surface area contributed by atoms with E-state index in [1.54, 1.807) is 0 Å². The quantitative estimate of drug-likeness (QED) is 0.880. The third-order valence-corrected chi connectivity index (χ3v) is 4.93. The van der Waals surface area contributed by atoms with Crippen LogP contribution in [0, 0.1) is 11.3 Å². The highest BCUT2D eigenvalue weighted by Gasteiger charge is 2.33. The molecule has 0 saturated carbocycles. The van der Waals surface area contributed by atoms with Crippen LogP contribution in [-0.2, 0) is 16.8 Å². The Hall–Kier alpha value is -1.67. The molecule has 0 atom stereocenters. The van der Waals surface area contributed by atoms with Gasteiger partial charge in [-0.05, 0) is 48.2 Å². The molecule has 3 nitrogen and oxygen atoms in total. The minimum Gasteiger partial charge on any atom is -0.381 e. The summed E-state index contributed by atoms with van der Waals surface area (Å²) in [4.78, 5) is 0. The van der Waals surface area contributed by atoms with E-state index in [1.807, 2.05) is 24.3 Å². The molecule has 0 amide bonds. The van der Waals surface area contributed by atoms with E-state index in [0.29, 0.717) is 5.56 Å². The van der Waals surface area contributed by atoms with Crippen molar-refractivity contribution in [1.29, 1.82) is 5.26 Å². The standard InChI is InChI=1S/C19H19BrN2O/c20-18-3-1-2-17(12-18)19(8-10-23-11-9-19)22-14-16-6-4-15(13-21)5-7-16/h1-7,12,22H,8-11,14H2. The molecule has 0 aromatic heterocycles. The van der Waals surface area contributed by atoms with Crippen LogP contribution in [0.15, 0.2) is 53.0 Å².